The van der Waals surface area contributed by atoms with Gasteiger partial charge in [-0.05, 0) is 25.3 Å². The van der Waals surface area contributed by atoms with Crippen LogP contribution in [0.1, 0.15) is 18.4 Å². The smallest absolute Gasteiger partial charge is 0.227 e. The molecule has 1 amide bonds. The lowest BCUT2D eigenvalue weighted by Gasteiger charge is -2.34. The molecule has 1 heterocycles. The van der Waals surface area contributed by atoms with Gasteiger partial charge in [-0.3, -0.25) is 4.79 Å². The van der Waals surface area contributed by atoms with Gasteiger partial charge in [0, 0.05) is 31.9 Å². The fourth-order valence-electron chi connectivity index (χ4n) is 3.14. The molecule has 1 aliphatic heterocycles. The Kier molecular flexibility index (Phi) is 8.98. The molecule has 0 aliphatic carbocycles. The van der Waals surface area contributed by atoms with E-state index in [0.717, 1.165) is 5.56 Å². The molecule has 1 saturated heterocycles. The second kappa shape index (κ2) is 10.4. The zero-order valence-corrected chi connectivity index (χ0v) is 16.4. The molecule has 0 unspecified atom stereocenters. The summed E-state index contributed by atoms with van der Waals surface area (Å²) in [5, 5.41) is 3.01. The number of benzene rings is 1. The molecule has 0 saturated carbocycles. The van der Waals surface area contributed by atoms with Gasteiger partial charge in [-0.1, -0.05) is 6.07 Å². The Labute approximate surface area is 160 Å². The molecule has 8 heteroatoms. The molecule has 0 bridgehead atoms. The number of halogens is 1. The van der Waals surface area contributed by atoms with E-state index in [2.05, 4.69) is 5.32 Å². The van der Waals surface area contributed by atoms with E-state index < -0.39 is 5.41 Å². The standard InChI is InChI=1S/C18H28N2O5.ClH/c1-22-14-5-4-13(15(23-2)16(14)24-3)6-9-20-17(21)18(12-19)7-10-25-11-8-18;/h4-5H,6-12,19H2,1-3H3,(H,20,21);1H. The van der Waals surface area contributed by atoms with Crippen LogP contribution in [0.2, 0.25) is 0 Å². The van der Waals surface area contributed by atoms with Crippen molar-refractivity contribution >= 4 is 18.3 Å². The van der Waals surface area contributed by atoms with Crippen LogP contribution < -0.4 is 25.3 Å². The van der Waals surface area contributed by atoms with Gasteiger partial charge in [-0.25, -0.2) is 0 Å². The van der Waals surface area contributed by atoms with Crippen LogP contribution in [-0.4, -0.2) is 53.5 Å². The fraction of sp³-hybridized carbons (Fsp3) is 0.611. The zero-order valence-electron chi connectivity index (χ0n) is 15.6. The van der Waals surface area contributed by atoms with Gasteiger partial charge in [0.1, 0.15) is 0 Å². The van der Waals surface area contributed by atoms with Crippen LogP contribution in [0.3, 0.4) is 0 Å². The summed E-state index contributed by atoms with van der Waals surface area (Å²) in [6.45, 7) is 1.98. The van der Waals surface area contributed by atoms with Gasteiger partial charge < -0.3 is 30.0 Å². The summed E-state index contributed by atoms with van der Waals surface area (Å²) in [5.41, 5.74) is 6.30. The SMILES string of the molecule is COc1ccc(CCNC(=O)C2(CN)CCOCC2)c(OC)c1OC.Cl. The zero-order chi connectivity index (χ0) is 18.3. The Morgan fingerprint density at radius 3 is 2.35 bits per heavy atom. The molecular weight excluding hydrogens is 360 g/mol. The molecule has 0 radical (unpaired) electrons. The van der Waals surface area contributed by atoms with Crippen LogP contribution in [-0.2, 0) is 16.0 Å². The molecule has 2 rings (SSSR count). The second-order valence-electron chi connectivity index (χ2n) is 6.10. The van der Waals surface area contributed by atoms with Crippen molar-refractivity contribution in [1.82, 2.24) is 5.32 Å². The van der Waals surface area contributed by atoms with Crippen LogP contribution in [0, 0.1) is 5.41 Å². The van der Waals surface area contributed by atoms with Gasteiger partial charge in [0.2, 0.25) is 11.7 Å². The van der Waals surface area contributed by atoms with Crippen molar-refractivity contribution in [2.45, 2.75) is 19.3 Å². The average molecular weight is 389 g/mol. The van der Waals surface area contributed by atoms with E-state index in [9.17, 15) is 4.79 Å². The van der Waals surface area contributed by atoms with Crippen molar-refractivity contribution < 1.29 is 23.7 Å². The van der Waals surface area contributed by atoms with Gasteiger partial charge >= 0.3 is 0 Å². The minimum Gasteiger partial charge on any atom is -0.493 e. The number of carbonyl (C=O) groups is 1. The molecule has 0 aromatic heterocycles. The molecule has 1 aromatic rings. The third-order valence-corrected chi connectivity index (χ3v) is 4.79. The Morgan fingerprint density at radius 1 is 1.15 bits per heavy atom. The highest BCUT2D eigenvalue weighted by Gasteiger charge is 2.38. The predicted molar refractivity (Wildman–Crippen MR) is 102 cm³/mol. The molecule has 3 N–H and O–H groups in total. The van der Waals surface area contributed by atoms with E-state index in [4.69, 9.17) is 24.7 Å². The number of methoxy groups -OCH3 is 3. The highest BCUT2D eigenvalue weighted by Crippen LogP contribution is 2.39. The van der Waals surface area contributed by atoms with Crippen LogP contribution in [0.15, 0.2) is 12.1 Å². The summed E-state index contributed by atoms with van der Waals surface area (Å²) < 4.78 is 21.5. The first-order valence-electron chi connectivity index (χ1n) is 8.46. The first-order valence-corrected chi connectivity index (χ1v) is 8.46. The lowest BCUT2D eigenvalue weighted by atomic mass is 9.79. The Morgan fingerprint density at radius 2 is 1.81 bits per heavy atom. The van der Waals surface area contributed by atoms with Gasteiger partial charge in [0.15, 0.2) is 11.5 Å². The summed E-state index contributed by atoms with van der Waals surface area (Å²) in [6.07, 6.45) is 1.94. The number of rotatable bonds is 8. The highest BCUT2D eigenvalue weighted by atomic mass is 35.5. The van der Waals surface area contributed by atoms with Crippen molar-refractivity contribution in [2.24, 2.45) is 11.1 Å². The topological polar surface area (TPSA) is 92.0 Å². The number of hydrogen-bond donors (Lipinski definition) is 2. The lowest BCUT2D eigenvalue weighted by molar-refractivity contribution is -0.135. The molecule has 1 fully saturated rings. The maximum atomic E-state index is 12.6. The molecule has 1 aromatic carbocycles. The Bertz CT molecular complexity index is 591. The van der Waals surface area contributed by atoms with Crippen LogP contribution in [0.5, 0.6) is 17.2 Å². The molecule has 1 aliphatic rings. The summed E-state index contributed by atoms with van der Waals surface area (Å²) in [5.74, 6) is 1.78. The largest absolute Gasteiger partial charge is 0.493 e. The monoisotopic (exact) mass is 388 g/mol. The van der Waals surface area contributed by atoms with E-state index >= 15 is 0 Å². The second-order valence-corrected chi connectivity index (χ2v) is 6.10. The molecular formula is C18H29ClN2O5. The quantitative estimate of drug-likeness (QED) is 0.702. The normalized spacial score (nSPS) is 15.5. The molecule has 26 heavy (non-hydrogen) atoms. The van der Waals surface area contributed by atoms with Gasteiger partial charge in [0.05, 0.1) is 26.7 Å². The average Bonchev–Trinajstić information content (AvgIpc) is 2.67. The highest BCUT2D eigenvalue weighted by molar-refractivity contribution is 5.85. The molecule has 148 valence electrons. The number of hydrogen-bond acceptors (Lipinski definition) is 6. The summed E-state index contributed by atoms with van der Waals surface area (Å²) in [6, 6.07) is 3.75. The number of carbonyl (C=O) groups excluding carboxylic acids is 1. The van der Waals surface area contributed by atoms with Crippen LogP contribution in [0.4, 0.5) is 0 Å². The molecule has 0 spiro atoms. The predicted octanol–water partition coefficient (Wildman–Crippen LogP) is 1.55. The van der Waals surface area contributed by atoms with Crippen molar-refractivity contribution in [1.29, 1.82) is 0 Å². The number of nitrogens with two attached hydrogens (primary N) is 1. The minimum absolute atomic E-state index is 0. The third-order valence-electron chi connectivity index (χ3n) is 4.79. The maximum absolute atomic E-state index is 12.6. The van der Waals surface area contributed by atoms with Crippen molar-refractivity contribution in [3.63, 3.8) is 0 Å². The van der Waals surface area contributed by atoms with Crippen LogP contribution in [0.25, 0.3) is 0 Å². The number of ether oxygens (including phenoxy) is 4. The fourth-order valence-corrected chi connectivity index (χ4v) is 3.14. The summed E-state index contributed by atoms with van der Waals surface area (Å²) in [7, 11) is 4.74. The van der Waals surface area contributed by atoms with Crippen LogP contribution >= 0.6 is 12.4 Å². The van der Waals surface area contributed by atoms with E-state index in [0.29, 0.717) is 62.8 Å². The summed E-state index contributed by atoms with van der Waals surface area (Å²) in [4.78, 5) is 12.6. The minimum atomic E-state index is -0.514. The first-order chi connectivity index (χ1) is 12.1. The van der Waals surface area contributed by atoms with Crippen molar-refractivity contribution in [2.75, 3.05) is 47.6 Å². The first kappa shape index (κ1) is 22.3. The lowest BCUT2D eigenvalue weighted by Crippen LogP contribution is -2.49. The number of nitrogens with one attached hydrogen (secondary N) is 1. The molecule has 7 nitrogen and oxygen atoms in total. The van der Waals surface area contributed by atoms with Gasteiger partial charge in [-0.15, -0.1) is 12.4 Å². The van der Waals surface area contributed by atoms with Crippen molar-refractivity contribution in [3.05, 3.63) is 17.7 Å². The third kappa shape index (κ3) is 4.72. The van der Waals surface area contributed by atoms with Crippen molar-refractivity contribution in [3.8, 4) is 17.2 Å². The summed E-state index contributed by atoms with van der Waals surface area (Å²) >= 11 is 0. The van der Waals surface area contributed by atoms with E-state index in [1.54, 1.807) is 21.3 Å². The van der Waals surface area contributed by atoms with E-state index in [1.807, 2.05) is 12.1 Å². The molecule has 0 atom stereocenters. The van der Waals surface area contributed by atoms with E-state index in [1.165, 1.54) is 0 Å². The van der Waals surface area contributed by atoms with E-state index in [-0.39, 0.29) is 18.3 Å². The Hall–Kier alpha value is -1.70. The Balaban J connectivity index is 0.00000338. The maximum Gasteiger partial charge on any atom is 0.227 e. The van der Waals surface area contributed by atoms with Gasteiger partial charge in [-0.2, -0.15) is 0 Å². The number of amides is 1. The van der Waals surface area contributed by atoms with Gasteiger partial charge in [0.25, 0.3) is 0 Å².